The van der Waals surface area contributed by atoms with E-state index in [9.17, 15) is 5.11 Å². The van der Waals surface area contributed by atoms with E-state index in [1.165, 1.54) is 0 Å². The average molecular weight is 344 g/mol. The molecule has 0 heterocycles. The van der Waals surface area contributed by atoms with Crippen molar-refractivity contribution < 1.29 is 5.11 Å². The Bertz CT molecular complexity index is 696. The van der Waals surface area contributed by atoms with Crippen molar-refractivity contribution in [1.82, 2.24) is 4.90 Å². The zero-order valence-electron chi connectivity index (χ0n) is 14.8. The Labute approximate surface area is 150 Å². The first-order valence-electron chi connectivity index (χ1n) is 8.21. The lowest BCUT2D eigenvalue weighted by Gasteiger charge is -2.37. The largest absolute Gasteiger partial charge is 0.380 e. The molecule has 2 rings (SSSR count). The summed E-state index contributed by atoms with van der Waals surface area (Å²) in [7, 11) is 4.04. The topological polar surface area (TPSA) is 23.5 Å². The third-order valence-electron chi connectivity index (χ3n) is 4.40. The van der Waals surface area contributed by atoms with E-state index in [0.29, 0.717) is 5.02 Å². The van der Waals surface area contributed by atoms with Gasteiger partial charge in [-0.2, -0.15) is 0 Å². The van der Waals surface area contributed by atoms with Crippen molar-refractivity contribution >= 4 is 17.7 Å². The van der Waals surface area contributed by atoms with Gasteiger partial charge in [-0.15, -0.1) is 0 Å². The van der Waals surface area contributed by atoms with Gasteiger partial charge in [-0.25, -0.2) is 0 Å². The minimum absolute atomic E-state index is 0.00549. The van der Waals surface area contributed by atoms with Crippen LogP contribution in [0.1, 0.15) is 25.0 Å². The van der Waals surface area contributed by atoms with E-state index in [1.54, 1.807) is 0 Å². The fourth-order valence-electron chi connectivity index (χ4n) is 3.22. The van der Waals surface area contributed by atoms with E-state index in [0.717, 1.165) is 23.2 Å². The van der Waals surface area contributed by atoms with Crippen LogP contribution in [0, 0.1) is 5.92 Å². The Morgan fingerprint density at radius 2 is 1.83 bits per heavy atom. The molecule has 0 saturated heterocycles. The molecule has 2 aromatic rings. The molecule has 0 radical (unpaired) electrons. The Morgan fingerprint density at radius 3 is 2.42 bits per heavy atom. The molecule has 2 aromatic carbocycles. The van der Waals surface area contributed by atoms with Crippen LogP contribution in [0.15, 0.2) is 60.2 Å². The second-order valence-electron chi connectivity index (χ2n) is 6.68. The number of halogens is 1. The molecule has 0 aliphatic carbocycles. The molecule has 0 amide bonds. The molecule has 0 aromatic heterocycles. The number of nitrogens with zero attached hydrogens (tertiary/aromatic N) is 1. The Morgan fingerprint density at radius 1 is 1.17 bits per heavy atom. The van der Waals surface area contributed by atoms with Crippen LogP contribution in [0.25, 0.3) is 6.08 Å². The number of hydrogen-bond acceptors (Lipinski definition) is 2. The molecule has 0 bridgehead atoms. The molecule has 3 heteroatoms. The zero-order valence-corrected chi connectivity index (χ0v) is 15.6. The van der Waals surface area contributed by atoms with Gasteiger partial charge in [-0.05, 0) is 49.9 Å². The van der Waals surface area contributed by atoms with Crippen molar-refractivity contribution in [3.8, 4) is 0 Å². The molecule has 2 atom stereocenters. The second-order valence-corrected chi connectivity index (χ2v) is 7.11. The van der Waals surface area contributed by atoms with Crippen molar-refractivity contribution in [2.45, 2.75) is 19.4 Å². The molecule has 2 nitrogen and oxygen atoms in total. The highest BCUT2D eigenvalue weighted by atomic mass is 35.5. The van der Waals surface area contributed by atoms with E-state index >= 15 is 0 Å². The van der Waals surface area contributed by atoms with Crippen LogP contribution in [0.4, 0.5) is 0 Å². The highest BCUT2D eigenvalue weighted by Crippen LogP contribution is 2.38. The molecular formula is C21H26ClNO. The van der Waals surface area contributed by atoms with E-state index in [-0.39, 0.29) is 5.92 Å². The van der Waals surface area contributed by atoms with E-state index in [4.69, 9.17) is 11.6 Å². The fraction of sp³-hybridized carbons (Fsp3) is 0.333. The van der Waals surface area contributed by atoms with Crippen LogP contribution >= 0.6 is 11.6 Å². The molecule has 2 unspecified atom stereocenters. The summed E-state index contributed by atoms with van der Waals surface area (Å²) in [5, 5.41) is 12.3. The summed E-state index contributed by atoms with van der Waals surface area (Å²) in [5.74, 6) is 0.00549. The maximum atomic E-state index is 11.7. The summed E-state index contributed by atoms with van der Waals surface area (Å²) in [6.45, 7) is 4.83. The van der Waals surface area contributed by atoms with Crippen LogP contribution < -0.4 is 0 Å². The Hall–Kier alpha value is -1.61. The van der Waals surface area contributed by atoms with Gasteiger partial charge in [0.1, 0.15) is 5.60 Å². The summed E-state index contributed by atoms with van der Waals surface area (Å²) < 4.78 is 0. The molecule has 0 spiro atoms. The molecule has 128 valence electrons. The van der Waals surface area contributed by atoms with Gasteiger partial charge in [-0.3, -0.25) is 0 Å². The summed E-state index contributed by atoms with van der Waals surface area (Å²) in [5.41, 5.74) is 1.73. The molecular weight excluding hydrogens is 318 g/mol. The predicted molar refractivity (Wildman–Crippen MR) is 103 cm³/mol. The quantitative estimate of drug-likeness (QED) is 0.812. The highest BCUT2D eigenvalue weighted by molar-refractivity contribution is 6.30. The van der Waals surface area contributed by atoms with Crippen molar-refractivity contribution in [3.05, 3.63) is 76.3 Å². The monoisotopic (exact) mass is 343 g/mol. The summed E-state index contributed by atoms with van der Waals surface area (Å²) in [6.07, 6.45) is 2.05. The fourth-order valence-corrected chi connectivity index (χ4v) is 3.41. The SMILES string of the molecule is C/C(=C\c1ccccc1)C(O)(c1cccc(Cl)c1)C(C)CN(C)C. The first-order valence-corrected chi connectivity index (χ1v) is 8.58. The third kappa shape index (κ3) is 4.27. The maximum absolute atomic E-state index is 11.7. The number of benzene rings is 2. The van der Waals surface area contributed by atoms with Gasteiger partial charge in [0.25, 0.3) is 0 Å². The minimum atomic E-state index is -1.08. The minimum Gasteiger partial charge on any atom is -0.380 e. The zero-order chi connectivity index (χ0) is 17.7. The Balaban J connectivity index is 2.52. The van der Waals surface area contributed by atoms with Crippen molar-refractivity contribution in [2.24, 2.45) is 5.92 Å². The van der Waals surface area contributed by atoms with Crippen LogP contribution in [-0.4, -0.2) is 30.6 Å². The molecule has 24 heavy (non-hydrogen) atoms. The summed E-state index contributed by atoms with van der Waals surface area (Å²) >= 11 is 6.19. The molecule has 0 saturated carbocycles. The molecule has 0 aliphatic heterocycles. The summed E-state index contributed by atoms with van der Waals surface area (Å²) in [4.78, 5) is 2.09. The van der Waals surface area contributed by atoms with Gasteiger partial charge in [-0.1, -0.05) is 67.1 Å². The van der Waals surface area contributed by atoms with Gasteiger partial charge in [0.05, 0.1) is 0 Å². The normalized spacial score (nSPS) is 16.0. The van der Waals surface area contributed by atoms with Gasteiger partial charge in [0.2, 0.25) is 0 Å². The molecule has 1 N–H and O–H groups in total. The van der Waals surface area contributed by atoms with Crippen molar-refractivity contribution in [1.29, 1.82) is 0 Å². The van der Waals surface area contributed by atoms with Gasteiger partial charge < -0.3 is 10.0 Å². The smallest absolute Gasteiger partial charge is 0.114 e. The van der Waals surface area contributed by atoms with Crippen LogP contribution in [-0.2, 0) is 5.60 Å². The van der Waals surface area contributed by atoms with E-state index in [1.807, 2.05) is 81.7 Å². The highest BCUT2D eigenvalue weighted by Gasteiger charge is 2.37. The molecule has 0 fully saturated rings. The first kappa shape index (κ1) is 18.7. The van der Waals surface area contributed by atoms with Gasteiger partial charge in [0, 0.05) is 17.5 Å². The van der Waals surface area contributed by atoms with Crippen LogP contribution in [0.3, 0.4) is 0 Å². The lowest BCUT2D eigenvalue weighted by atomic mass is 9.76. The lowest BCUT2D eigenvalue weighted by Crippen LogP contribution is -2.40. The lowest BCUT2D eigenvalue weighted by molar-refractivity contribution is 0.0105. The van der Waals surface area contributed by atoms with Crippen molar-refractivity contribution in [3.63, 3.8) is 0 Å². The van der Waals surface area contributed by atoms with Crippen LogP contribution in [0.2, 0.25) is 5.02 Å². The molecule has 0 aliphatic rings. The first-order chi connectivity index (χ1) is 11.3. The summed E-state index contributed by atoms with van der Waals surface area (Å²) in [6, 6.07) is 17.6. The second kappa shape index (κ2) is 7.98. The number of rotatable bonds is 6. The number of aliphatic hydroxyl groups is 1. The average Bonchev–Trinajstić information content (AvgIpc) is 2.54. The van der Waals surface area contributed by atoms with Gasteiger partial charge >= 0.3 is 0 Å². The number of hydrogen-bond donors (Lipinski definition) is 1. The maximum Gasteiger partial charge on any atom is 0.114 e. The standard InChI is InChI=1S/C21H26ClNO/c1-16(13-18-9-6-5-7-10-18)21(24,17(2)15-23(3)4)19-11-8-12-20(22)14-19/h5-14,17,24H,15H2,1-4H3/b16-13+. The van der Waals surface area contributed by atoms with Gasteiger partial charge in [0.15, 0.2) is 0 Å². The van der Waals surface area contributed by atoms with E-state index in [2.05, 4.69) is 11.8 Å². The van der Waals surface area contributed by atoms with Crippen molar-refractivity contribution in [2.75, 3.05) is 20.6 Å². The van der Waals surface area contributed by atoms with E-state index < -0.39 is 5.60 Å². The predicted octanol–water partition coefficient (Wildman–Crippen LogP) is 4.83. The van der Waals surface area contributed by atoms with Crippen LogP contribution in [0.5, 0.6) is 0 Å². The Kier molecular flexibility index (Phi) is 6.22. The third-order valence-corrected chi connectivity index (χ3v) is 4.64.